The standard InChI is InChI=1S/C6H13NO3/c1-2-10-6(9)5-7-3-4-8/h7-8H,2-5H2,1H3. The quantitative estimate of drug-likeness (QED) is 0.392. The minimum atomic E-state index is -0.282. The van der Waals surface area contributed by atoms with Gasteiger partial charge >= 0.3 is 5.97 Å². The average Bonchev–Trinajstić information content (AvgIpc) is 1.89. The molecule has 60 valence electrons. The zero-order chi connectivity index (χ0) is 7.82. The van der Waals surface area contributed by atoms with Crippen molar-refractivity contribution in [2.45, 2.75) is 6.92 Å². The molecule has 0 aromatic carbocycles. The van der Waals surface area contributed by atoms with Gasteiger partial charge in [0.25, 0.3) is 0 Å². The summed E-state index contributed by atoms with van der Waals surface area (Å²) in [5.41, 5.74) is 0. The van der Waals surface area contributed by atoms with Gasteiger partial charge < -0.3 is 15.2 Å². The fourth-order valence-corrected chi connectivity index (χ4v) is 0.482. The van der Waals surface area contributed by atoms with Crippen LogP contribution in [0.1, 0.15) is 6.92 Å². The van der Waals surface area contributed by atoms with Gasteiger partial charge in [0.05, 0.1) is 19.8 Å². The van der Waals surface area contributed by atoms with Crippen molar-refractivity contribution in [3.05, 3.63) is 0 Å². The summed E-state index contributed by atoms with van der Waals surface area (Å²) in [6.07, 6.45) is 0. The molecule has 0 amide bonds. The fraction of sp³-hybridized carbons (Fsp3) is 0.833. The second kappa shape index (κ2) is 6.51. The molecular formula is C6H13NO3. The molecule has 0 aliphatic heterocycles. The summed E-state index contributed by atoms with van der Waals surface area (Å²) < 4.78 is 4.61. The first-order valence-corrected chi connectivity index (χ1v) is 3.28. The Bertz CT molecular complexity index is 95.0. The van der Waals surface area contributed by atoms with Gasteiger partial charge in [-0.15, -0.1) is 0 Å². The van der Waals surface area contributed by atoms with Crippen molar-refractivity contribution < 1.29 is 14.6 Å². The van der Waals surface area contributed by atoms with Crippen molar-refractivity contribution in [3.63, 3.8) is 0 Å². The molecule has 0 aromatic heterocycles. The highest BCUT2D eigenvalue weighted by atomic mass is 16.5. The molecule has 0 unspecified atom stereocenters. The van der Waals surface area contributed by atoms with Crippen molar-refractivity contribution in [1.29, 1.82) is 0 Å². The van der Waals surface area contributed by atoms with Gasteiger partial charge in [-0.25, -0.2) is 0 Å². The monoisotopic (exact) mass is 147 g/mol. The van der Waals surface area contributed by atoms with Crippen LogP contribution in [-0.2, 0) is 9.53 Å². The first-order valence-electron chi connectivity index (χ1n) is 3.28. The van der Waals surface area contributed by atoms with Crippen LogP contribution in [0.15, 0.2) is 0 Å². The molecule has 0 fully saturated rings. The fourth-order valence-electron chi connectivity index (χ4n) is 0.482. The van der Waals surface area contributed by atoms with Crippen LogP contribution in [0.5, 0.6) is 0 Å². The molecule has 0 bridgehead atoms. The minimum Gasteiger partial charge on any atom is -0.465 e. The Morgan fingerprint density at radius 2 is 2.40 bits per heavy atom. The van der Waals surface area contributed by atoms with Crippen molar-refractivity contribution >= 4 is 5.97 Å². The van der Waals surface area contributed by atoms with Crippen LogP contribution in [0.3, 0.4) is 0 Å². The zero-order valence-electron chi connectivity index (χ0n) is 6.09. The van der Waals surface area contributed by atoms with Crippen LogP contribution in [0, 0.1) is 0 Å². The predicted molar refractivity (Wildman–Crippen MR) is 36.6 cm³/mol. The van der Waals surface area contributed by atoms with Crippen LogP contribution in [0.4, 0.5) is 0 Å². The van der Waals surface area contributed by atoms with E-state index in [-0.39, 0.29) is 19.1 Å². The Hall–Kier alpha value is -0.610. The van der Waals surface area contributed by atoms with Gasteiger partial charge in [0.15, 0.2) is 0 Å². The Labute approximate surface area is 60.2 Å². The molecule has 0 aliphatic carbocycles. The molecule has 0 rings (SSSR count). The van der Waals surface area contributed by atoms with E-state index in [4.69, 9.17) is 5.11 Å². The first-order chi connectivity index (χ1) is 4.81. The maximum absolute atomic E-state index is 10.6. The van der Waals surface area contributed by atoms with Gasteiger partial charge in [-0.1, -0.05) is 0 Å². The summed E-state index contributed by atoms with van der Waals surface area (Å²) in [5.74, 6) is -0.282. The zero-order valence-corrected chi connectivity index (χ0v) is 6.09. The number of carbonyl (C=O) groups is 1. The first kappa shape index (κ1) is 9.39. The Balaban J connectivity index is 3.05. The molecule has 10 heavy (non-hydrogen) atoms. The SMILES string of the molecule is CCOC(=O)CNCCO. The number of esters is 1. The topological polar surface area (TPSA) is 58.6 Å². The van der Waals surface area contributed by atoms with Gasteiger partial charge in [-0.3, -0.25) is 4.79 Å². The van der Waals surface area contributed by atoms with Crippen LogP contribution in [0.25, 0.3) is 0 Å². The summed E-state index contributed by atoms with van der Waals surface area (Å²) in [6, 6.07) is 0. The van der Waals surface area contributed by atoms with E-state index in [2.05, 4.69) is 10.1 Å². The molecule has 0 atom stereocenters. The van der Waals surface area contributed by atoms with E-state index < -0.39 is 0 Å². The predicted octanol–water partition coefficient (Wildman–Crippen LogP) is -0.869. The van der Waals surface area contributed by atoms with Gasteiger partial charge in [-0.2, -0.15) is 0 Å². The molecule has 0 saturated carbocycles. The van der Waals surface area contributed by atoms with E-state index in [1.54, 1.807) is 6.92 Å². The smallest absolute Gasteiger partial charge is 0.319 e. The van der Waals surface area contributed by atoms with Crippen molar-refractivity contribution in [2.24, 2.45) is 0 Å². The minimum absolute atomic E-state index is 0.0411. The van der Waals surface area contributed by atoms with E-state index in [0.717, 1.165) is 0 Å². The maximum Gasteiger partial charge on any atom is 0.319 e. The van der Waals surface area contributed by atoms with Crippen molar-refractivity contribution in [1.82, 2.24) is 5.32 Å². The van der Waals surface area contributed by atoms with E-state index in [1.165, 1.54) is 0 Å². The molecule has 0 radical (unpaired) electrons. The third kappa shape index (κ3) is 5.53. The summed E-state index contributed by atoms with van der Waals surface area (Å²) in [7, 11) is 0. The molecule has 0 saturated heterocycles. The van der Waals surface area contributed by atoms with Gasteiger partial charge in [-0.05, 0) is 6.92 Å². The highest BCUT2D eigenvalue weighted by molar-refractivity contribution is 5.71. The highest BCUT2D eigenvalue weighted by Crippen LogP contribution is 1.73. The van der Waals surface area contributed by atoms with Crippen molar-refractivity contribution in [3.8, 4) is 0 Å². The number of ether oxygens (including phenoxy) is 1. The number of rotatable bonds is 5. The molecular weight excluding hydrogens is 134 g/mol. The summed E-state index contributed by atoms with van der Waals surface area (Å²) in [5, 5.41) is 11.0. The van der Waals surface area contributed by atoms with E-state index in [9.17, 15) is 4.79 Å². The van der Waals surface area contributed by atoms with Crippen LogP contribution >= 0.6 is 0 Å². The molecule has 0 aromatic rings. The number of aliphatic hydroxyl groups excluding tert-OH is 1. The Morgan fingerprint density at radius 3 is 2.90 bits per heavy atom. The Kier molecular flexibility index (Phi) is 6.11. The summed E-state index contributed by atoms with van der Waals surface area (Å²) in [6.45, 7) is 2.80. The van der Waals surface area contributed by atoms with Gasteiger partial charge in [0, 0.05) is 6.54 Å². The second-order valence-electron chi connectivity index (χ2n) is 1.71. The lowest BCUT2D eigenvalue weighted by Gasteiger charge is -2.01. The van der Waals surface area contributed by atoms with Crippen LogP contribution in [0.2, 0.25) is 0 Å². The summed E-state index contributed by atoms with van der Waals surface area (Å²) >= 11 is 0. The number of hydrogen-bond donors (Lipinski definition) is 2. The molecule has 0 aliphatic rings. The molecule has 0 heterocycles. The largest absolute Gasteiger partial charge is 0.465 e. The third-order valence-electron chi connectivity index (χ3n) is 0.863. The third-order valence-corrected chi connectivity index (χ3v) is 0.863. The summed E-state index contributed by atoms with van der Waals surface area (Å²) in [4.78, 5) is 10.6. The van der Waals surface area contributed by atoms with Crippen LogP contribution < -0.4 is 5.32 Å². The van der Waals surface area contributed by atoms with Crippen molar-refractivity contribution in [2.75, 3.05) is 26.3 Å². The van der Waals surface area contributed by atoms with Gasteiger partial charge in [0.2, 0.25) is 0 Å². The van der Waals surface area contributed by atoms with E-state index in [0.29, 0.717) is 13.2 Å². The normalized spacial score (nSPS) is 9.40. The van der Waals surface area contributed by atoms with Gasteiger partial charge in [0.1, 0.15) is 0 Å². The molecule has 4 nitrogen and oxygen atoms in total. The average molecular weight is 147 g/mol. The van der Waals surface area contributed by atoms with E-state index in [1.807, 2.05) is 0 Å². The lowest BCUT2D eigenvalue weighted by molar-refractivity contribution is -0.142. The highest BCUT2D eigenvalue weighted by Gasteiger charge is 1.97. The number of nitrogens with one attached hydrogen (secondary N) is 1. The molecule has 2 N–H and O–H groups in total. The molecule has 0 spiro atoms. The lowest BCUT2D eigenvalue weighted by Crippen LogP contribution is -2.27. The number of carbonyl (C=O) groups excluding carboxylic acids is 1. The second-order valence-corrected chi connectivity index (χ2v) is 1.71. The number of hydrogen-bond acceptors (Lipinski definition) is 4. The lowest BCUT2D eigenvalue weighted by atomic mass is 10.6. The van der Waals surface area contributed by atoms with E-state index >= 15 is 0 Å². The van der Waals surface area contributed by atoms with Crippen LogP contribution in [-0.4, -0.2) is 37.4 Å². The molecule has 4 heteroatoms. The maximum atomic E-state index is 10.6. The number of aliphatic hydroxyl groups is 1. The Morgan fingerprint density at radius 1 is 1.70 bits per heavy atom.